The Kier molecular flexibility index (Phi) is 3.54. The molecule has 70 valence electrons. The van der Waals surface area contributed by atoms with Gasteiger partial charge in [0, 0.05) is 5.02 Å². The first-order chi connectivity index (χ1) is 6.22. The lowest BCUT2D eigenvalue weighted by Gasteiger charge is -2.04. The summed E-state index contributed by atoms with van der Waals surface area (Å²) >= 11 is 5.69. The van der Waals surface area contributed by atoms with Gasteiger partial charge in [-0.05, 0) is 18.2 Å². The van der Waals surface area contributed by atoms with Gasteiger partial charge in [-0.1, -0.05) is 17.7 Å². The van der Waals surface area contributed by atoms with Gasteiger partial charge >= 0.3 is 0 Å². The van der Waals surface area contributed by atoms with Crippen molar-refractivity contribution in [1.29, 1.82) is 0 Å². The quantitative estimate of drug-likeness (QED) is 0.429. The zero-order chi connectivity index (χ0) is 9.68. The third kappa shape index (κ3) is 3.31. The summed E-state index contributed by atoms with van der Waals surface area (Å²) in [4.78, 5) is 10.7. The molecule has 1 aromatic carbocycles. The van der Waals surface area contributed by atoms with Crippen molar-refractivity contribution in [2.75, 3.05) is 6.61 Å². The fourth-order valence-corrected chi connectivity index (χ4v) is 0.928. The summed E-state index contributed by atoms with van der Waals surface area (Å²) in [7, 11) is 0. The van der Waals surface area contributed by atoms with Crippen molar-refractivity contribution in [2.24, 2.45) is 5.84 Å². The summed E-state index contributed by atoms with van der Waals surface area (Å²) in [6, 6.07) is 6.77. The minimum Gasteiger partial charge on any atom is -0.484 e. The summed E-state index contributed by atoms with van der Waals surface area (Å²) in [6.45, 7) is -0.114. The lowest BCUT2D eigenvalue weighted by molar-refractivity contribution is -0.123. The minimum absolute atomic E-state index is 0.114. The zero-order valence-corrected chi connectivity index (χ0v) is 7.54. The van der Waals surface area contributed by atoms with Crippen molar-refractivity contribution < 1.29 is 9.53 Å². The number of rotatable bonds is 3. The van der Waals surface area contributed by atoms with Crippen LogP contribution in [-0.2, 0) is 4.79 Å². The van der Waals surface area contributed by atoms with Crippen molar-refractivity contribution in [2.45, 2.75) is 0 Å². The van der Waals surface area contributed by atoms with E-state index in [1.165, 1.54) is 0 Å². The van der Waals surface area contributed by atoms with E-state index < -0.39 is 0 Å². The average Bonchev–Trinajstić information content (AvgIpc) is 2.14. The third-order valence-electron chi connectivity index (χ3n) is 1.33. The highest BCUT2D eigenvalue weighted by Gasteiger charge is 1.99. The fraction of sp³-hybridized carbons (Fsp3) is 0.125. The number of benzene rings is 1. The molecule has 4 nitrogen and oxygen atoms in total. The number of halogens is 1. The Hall–Kier alpha value is -1.26. The number of amides is 1. The van der Waals surface area contributed by atoms with Crippen molar-refractivity contribution in [3.63, 3.8) is 0 Å². The van der Waals surface area contributed by atoms with Crippen LogP contribution < -0.4 is 16.0 Å². The van der Waals surface area contributed by atoms with E-state index in [0.29, 0.717) is 10.8 Å². The average molecular weight is 201 g/mol. The number of hydrazine groups is 1. The monoisotopic (exact) mass is 200 g/mol. The molecule has 0 aliphatic heterocycles. The second-order valence-corrected chi connectivity index (χ2v) is 2.75. The van der Waals surface area contributed by atoms with E-state index in [-0.39, 0.29) is 12.5 Å². The van der Waals surface area contributed by atoms with Gasteiger partial charge in [0.25, 0.3) is 5.91 Å². The molecule has 13 heavy (non-hydrogen) atoms. The maximum Gasteiger partial charge on any atom is 0.271 e. The molecule has 0 radical (unpaired) electrons. The van der Waals surface area contributed by atoms with E-state index in [0.717, 1.165) is 0 Å². The van der Waals surface area contributed by atoms with Crippen molar-refractivity contribution in [3.05, 3.63) is 29.3 Å². The van der Waals surface area contributed by atoms with Crippen LogP contribution in [0.25, 0.3) is 0 Å². The first-order valence-electron chi connectivity index (χ1n) is 3.60. The molecule has 0 spiro atoms. The molecule has 3 N–H and O–H groups in total. The summed E-state index contributed by atoms with van der Waals surface area (Å²) < 4.78 is 5.06. The molecule has 0 aliphatic carbocycles. The van der Waals surface area contributed by atoms with Crippen LogP contribution in [0, 0.1) is 0 Å². The molecule has 0 unspecified atom stereocenters. The van der Waals surface area contributed by atoms with Crippen molar-refractivity contribution in [1.82, 2.24) is 5.43 Å². The maximum atomic E-state index is 10.7. The molecular weight excluding hydrogens is 192 g/mol. The maximum absolute atomic E-state index is 10.7. The molecule has 0 aromatic heterocycles. The van der Waals surface area contributed by atoms with Gasteiger partial charge in [0.15, 0.2) is 6.61 Å². The second-order valence-electron chi connectivity index (χ2n) is 2.31. The molecule has 0 aliphatic rings. The van der Waals surface area contributed by atoms with Crippen molar-refractivity contribution >= 4 is 17.5 Å². The van der Waals surface area contributed by atoms with Gasteiger partial charge in [-0.2, -0.15) is 0 Å². The van der Waals surface area contributed by atoms with E-state index in [1.807, 2.05) is 5.43 Å². The SMILES string of the molecule is NNC(=O)COc1cccc(Cl)c1. The largest absolute Gasteiger partial charge is 0.484 e. The summed E-state index contributed by atoms with van der Waals surface area (Å²) in [6.07, 6.45) is 0. The standard InChI is InChI=1S/C8H9ClN2O2/c9-6-2-1-3-7(4-6)13-5-8(12)11-10/h1-4H,5,10H2,(H,11,12). The van der Waals surface area contributed by atoms with Crippen LogP contribution in [-0.4, -0.2) is 12.5 Å². The molecule has 0 fully saturated rings. The molecular formula is C8H9ClN2O2. The third-order valence-corrected chi connectivity index (χ3v) is 1.56. The smallest absolute Gasteiger partial charge is 0.271 e. The van der Waals surface area contributed by atoms with Crippen LogP contribution in [0.15, 0.2) is 24.3 Å². The molecule has 1 aromatic rings. The van der Waals surface area contributed by atoms with E-state index in [2.05, 4.69) is 0 Å². The first-order valence-corrected chi connectivity index (χ1v) is 3.98. The number of nitrogens with one attached hydrogen (secondary N) is 1. The Bertz CT molecular complexity index is 304. The van der Waals surface area contributed by atoms with Gasteiger partial charge < -0.3 is 4.74 Å². The lowest BCUT2D eigenvalue weighted by Crippen LogP contribution is -2.34. The second kappa shape index (κ2) is 4.69. The Morgan fingerprint density at radius 2 is 2.38 bits per heavy atom. The van der Waals surface area contributed by atoms with Gasteiger partial charge in [-0.25, -0.2) is 5.84 Å². The molecule has 0 heterocycles. The van der Waals surface area contributed by atoms with Crippen molar-refractivity contribution in [3.8, 4) is 5.75 Å². The van der Waals surface area contributed by atoms with Crippen LogP contribution >= 0.6 is 11.6 Å². The highest BCUT2D eigenvalue weighted by molar-refractivity contribution is 6.30. The Morgan fingerprint density at radius 1 is 1.62 bits per heavy atom. The van der Waals surface area contributed by atoms with Gasteiger partial charge in [0.05, 0.1) is 0 Å². The molecule has 1 amide bonds. The van der Waals surface area contributed by atoms with Crippen LogP contribution in [0.3, 0.4) is 0 Å². The molecule has 0 saturated heterocycles. The van der Waals surface area contributed by atoms with E-state index in [1.54, 1.807) is 24.3 Å². The fourth-order valence-electron chi connectivity index (χ4n) is 0.747. The Labute approximate surface area is 80.6 Å². The van der Waals surface area contributed by atoms with E-state index in [4.69, 9.17) is 22.2 Å². The van der Waals surface area contributed by atoms with Crippen LogP contribution in [0.2, 0.25) is 5.02 Å². The predicted octanol–water partition coefficient (Wildman–Crippen LogP) is 0.709. The number of carbonyl (C=O) groups is 1. The summed E-state index contributed by atoms with van der Waals surface area (Å²) in [5.74, 6) is 5.01. The number of carbonyl (C=O) groups excluding carboxylic acids is 1. The highest BCUT2D eigenvalue weighted by atomic mass is 35.5. The molecule has 0 atom stereocenters. The lowest BCUT2D eigenvalue weighted by atomic mass is 10.3. The Balaban J connectivity index is 2.50. The summed E-state index contributed by atoms with van der Waals surface area (Å²) in [5, 5.41) is 0.561. The summed E-state index contributed by atoms with van der Waals surface area (Å²) in [5.41, 5.74) is 1.95. The minimum atomic E-state index is -0.389. The molecule has 1 rings (SSSR count). The van der Waals surface area contributed by atoms with Crippen LogP contribution in [0.5, 0.6) is 5.75 Å². The topological polar surface area (TPSA) is 64.3 Å². The number of hydrogen-bond acceptors (Lipinski definition) is 3. The van der Waals surface area contributed by atoms with E-state index >= 15 is 0 Å². The van der Waals surface area contributed by atoms with Gasteiger partial charge in [-0.15, -0.1) is 0 Å². The number of hydrogen-bond donors (Lipinski definition) is 2. The predicted molar refractivity (Wildman–Crippen MR) is 49.3 cm³/mol. The highest BCUT2D eigenvalue weighted by Crippen LogP contribution is 2.16. The normalized spacial score (nSPS) is 9.38. The Morgan fingerprint density at radius 3 is 3.00 bits per heavy atom. The van der Waals surface area contributed by atoms with Gasteiger partial charge in [0.2, 0.25) is 0 Å². The van der Waals surface area contributed by atoms with E-state index in [9.17, 15) is 4.79 Å². The molecule has 0 bridgehead atoms. The zero-order valence-electron chi connectivity index (χ0n) is 6.79. The van der Waals surface area contributed by atoms with Crippen LogP contribution in [0.1, 0.15) is 0 Å². The number of nitrogens with two attached hydrogens (primary N) is 1. The van der Waals surface area contributed by atoms with Gasteiger partial charge in [0.1, 0.15) is 5.75 Å². The molecule has 0 saturated carbocycles. The van der Waals surface area contributed by atoms with Crippen LogP contribution in [0.4, 0.5) is 0 Å². The number of ether oxygens (including phenoxy) is 1. The first kappa shape index (κ1) is 9.83. The van der Waals surface area contributed by atoms with Gasteiger partial charge in [-0.3, -0.25) is 10.2 Å². The molecule has 5 heteroatoms.